The Labute approximate surface area is 165 Å². The quantitative estimate of drug-likeness (QED) is 0.812. The van der Waals surface area contributed by atoms with E-state index in [4.69, 9.17) is 10.5 Å². The maximum atomic E-state index is 13.0. The van der Waals surface area contributed by atoms with Crippen LogP contribution < -0.4 is 11.1 Å². The summed E-state index contributed by atoms with van der Waals surface area (Å²) in [4.78, 5) is 27.2. The number of carbonyl (C=O) groups is 2. The van der Waals surface area contributed by atoms with Crippen molar-refractivity contribution in [2.45, 2.75) is 25.7 Å². The molecule has 2 aliphatic heterocycles. The smallest absolute Gasteiger partial charge is 0.230 e. The van der Waals surface area contributed by atoms with Gasteiger partial charge >= 0.3 is 0 Å². The molecule has 0 unspecified atom stereocenters. The number of halogens is 2. The number of anilines is 1. The number of amides is 2. The molecule has 2 amide bonds. The van der Waals surface area contributed by atoms with Crippen LogP contribution in [0.4, 0.5) is 10.1 Å². The van der Waals surface area contributed by atoms with Crippen LogP contribution in [0.1, 0.15) is 25.7 Å². The molecule has 2 heterocycles. The van der Waals surface area contributed by atoms with E-state index in [1.165, 1.54) is 12.1 Å². The van der Waals surface area contributed by atoms with E-state index < -0.39 is 5.41 Å². The topological polar surface area (TPSA) is 84.7 Å². The van der Waals surface area contributed by atoms with Crippen molar-refractivity contribution >= 4 is 29.9 Å². The monoisotopic (exact) mass is 399 g/mol. The highest BCUT2D eigenvalue weighted by atomic mass is 35.5. The van der Waals surface area contributed by atoms with Crippen LogP contribution >= 0.6 is 12.4 Å². The molecule has 0 atom stereocenters. The lowest BCUT2D eigenvalue weighted by atomic mass is 9.78. The maximum Gasteiger partial charge on any atom is 0.230 e. The van der Waals surface area contributed by atoms with Crippen molar-refractivity contribution in [2.24, 2.45) is 17.1 Å². The number of carbonyl (C=O) groups excluding carboxylic acids is 2. The summed E-state index contributed by atoms with van der Waals surface area (Å²) in [5.41, 5.74) is 5.99. The van der Waals surface area contributed by atoms with E-state index in [1.807, 2.05) is 4.90 Å². The van der Waals surface area contributed by atoms with Crippen molar-refractivity contribution in [1.29, 1.82) is 0 Å². The normalized spacial score (nSPS) is 19.9. The number of nitrogens with zero attached hydrogens (tertiary/aromatic N) is 1. The molecule has 0 aliphatic carbocycles. The molecular weight excluding hydrogens is 373 g/mol. The number of benzene rings is 1. The van der Waals surface area contributed by atoms with E-state index in [0.29, 0.717) is 64.2 Å². The molecule has 0 aromatic heterocycles. The molecular formula is C19H27ClFN3O3. The number of likely N-dealkylation sites (tertiary alicyclic amines) is 1. The SMILES string of the molecule is Cl.NCC1(C(=O)N2CCC(C(=O)Nc3ccc(F)cc3)CC2)CCOCC1. The summed E-state index contributed by atoms with van der Waals surface area (Å²) >= 11 is 0. The summed E-state index contributed by atoms with van der Waals surface area (Å²) in [6, 6.07) is 5.72. The van der Waals surface area contributed by atoms with E-state index >= 15 is 0 Å². The third-order valence-electron chi connectivity index (χ3n) is 5.56. The summed E-state index contributed by atoms with van der Waals surface area (Å²) in [5.74, 6) is -0.464. The number of ether oxygens (including phenoxy) is 1. The summed E-state index contributed by atoms with van der Waals surface area (Å²) < 4.78 is 18.3. The Bertz CT molecular complexity index is 642. The molecule has 2 fully saturated rings. The van der Waals surface area contributed by atoms with Gasteiger partial charge in [-0.05, 0) is 49.9 Å². The van der Waals surface area contributed by atoms with Gasteiger partial charge in [0.25, 0.3) is 0 Å². The molecule has 0 radical (unpaired) electrons. The highest BCUT2D eigenvalue weighted by Crippen LogP contribution is 2.33. The fourth-order valence-electron chi connectivity index (χ4n) is 3.73. The van der Waals surface area contributed by atoms with Gasteiger partial charge in [-0.15, -0.1) is 12.4 Å². The Hall–Kier alpha value is -1.70. The van der Waals surface area contributed by atoms with Crippen LogP contribution in [0, 0.1) is 17.2 Å². The van der Waals surface area contributed by atoms with E-state index in [-0.39, 0.29) is 36.0 Å². The molecule has 8 heteroatoms. The molecule has 27 heavy (non-hydrogen) atoms. The zero-order valence-electron chi connectivity index (χ0n) is 15.3. The van der Waals surface area contributed by atoms with Gasteiger partial charge in [-0.3, -0.25) is 9.59 Å². The molecule has 3 rings (SSSR count). The zero-order valence-corrected chi connectivity index (χ0v) is 16.1. The van der Waals surface area contributed by atoms with Gasteiger partial charge in [-0.25, -0.2) is 4.39 Å². The van der Waals surface area contributed by atoms with Crippen molar-refractivity contribution in [3.05, 3.63) is 30.1 Å². The van der Waals surface area contributed by atoms with E-state index in [2.05, 4.69) is 5.32 Å². The Morgan fingerprint density at radius 3 is 2.33 bits per heavy atom. The Balaban J connectivity index is 0.00000261. The summed E-state index contributed by atoms with van der Waals surface area (Å²) in [6.07, 6.45) is 2.56. The number of hydrogen-bond acceptors (Lipinski definition) is 4. The Morgan fingerprint density at radius 1 is 1.19 bits per heavy atom. The molecule has 0 bridgehead atoms. The average Bonchev–Trinajstić information content (AvgIpc) is 2.69. The fourth-order valence-corrected chi connectivity index (χ4v) is 3.73. The molecule has 2 saturated heterocycles. The van der Waals surface area contributed by atoms with E-state index in [1.54, 1.807) is 12.1 Å². The number of hydrogen-bond donors (Lipinski definition) is 2. The molecule has 1 aromatic carbocycles. The van der Waals surface area contributed by atoms with Gasteiger partial charge in [-0.1, -0.05) is 0 Å². The van der Waals surface area contributed by atoms with Crippen LogP contribution in [0.5, 0.6) is 0 Å². The highest BCUT2D eigenvalue weighted by Gasteiger charge is 2.42. The van der Waals surface area contributed by atoms with Crippen LogP contribution in [-0.2, 0) is 14.3 Å². The fraction of sp³-hybridized carbons (Fsp3) is 0.579. The second-order valence-electron chi connectivity index (χ2n) is 7.16. The van der Waals surface area contributed by atoms with Crippen molar-refractivity contribution in [1.82, 2.24) is 4.90 Å². The summed E-state index contributed by atoms with van der Waals surface area (Å²) in [6.45, 7) is 2.59. The van der Waals surface area contributed by atoms with Crippen molar-refractivity contribution in [3.63, 3.8) is 0 Å². The Kier molecular flexibility index (Phi) is 7.59. The summed E-state index contributed by atoms with van der Waals surface area (Å²) in [5, 5.41) is 2.82. The van der Waals surface area contributed by atoms with Gasteiger partial charge in [0, 0.05) is 44.5 Å². The number of nitrogens with two attached hydrogens (primary N) is 1. The number of nitrogens with one attached hydrogen (secondary N) is 1. The van der Waals surface area contributed by atoms with Gasteiger partial charge in [-0.2, -0.15) is 0 Å². The van der Waals surface area contributed by atoms with Crippen LogP contribution in [-0.4, -0.2) is 49.6 Å². The minimum Gasteiger partial charge on any atom is -0.381 e. The lowest BCUT2D eigenvalue weighted by molar-refractivity contribution is -0.149. The van der Waals surface area contributed by atoms with Crippen LogP contribution in [0.3, 0.4) is 0 Å². The molecule has 0 saturated carbocycles. The van der Waals surface area contributed by atoms with Crippen molar-refractivity contribution in [3.8, 4) is 0 Å². The second kappa shape index (κ2) is 9.48. The molecule has 1 aromatic rings. The molecule has 2 aliphatic rings. The highest BCUT2D eigenvalue weighted by molar-refractivity contribution is 5.92. The summed E-state index contributed by atoms with van der Waals surface area (Å²) in [7, 11) is 0. The lowest BCUT2D eigenvalue weighted by Gasteiger charge is -2.41. The third-order valence-corrected chi connectivity index (χ3v) is 5.56. The van der Waals surface area contributed by atoms with E-state index in [0.717, 1.165) is 0 Å². The zero-order chi connectivity index (χ0) is 18.6. The van der Waals surface area contributed by atoms with Gasteiger partial charge in [0.15, 0.2) is 0 Å². The van der Waals surface area contributed by atoms with Gasteiger partial charge < -0.3 is 20.7 Å². The molecule has 6 nitrogen and oxygen atoms in total. The van der Waals surface area contributed by atoms with Gasteiger partial charge in [0.2, 0.25) is 11.8 Å². The minimum absolute atomic E-state index is 0. The predicted octanol–water partition coefficient (Wildman–Crippen LogP) is 2.18. The first kappa shape index (κ1) is 21.6. The second-order valence-corrected chi connectivity index (χ2v) is 7.16. The first-order valence-corrected chi connectivity index (χ1v) is 9.18. The van der Waals surface area contributed by atoms with Gasteiger partial charge in [0.05, 0.1) is 5.41 Å². The maximum absolute atomic E-state index is 13.0. The van der Waals surface area contributed by atoms with Crippen LogP contribution in [0.25, 0.3) is 0 Å². The minimum atomic E-state index is -0.512. The average molecular weight is 400 g/mol. The lowest BCUT2D eigenvalue weighted by Crippen LogP contribution is -2.53. The Morgan fingerprint density at radius 2 is 1.78 bits per heavy atom. The predicted molar refractivity (Wildman–Crippen MR) is 103 cm³/mol. The standard InChI is InChI=1S/C19H26FN3O3.ClH/c20-15-1-3-16(4-2-15)22-17(24)14-5-9-23(10-6-14)18(25)19(13-21)7-11-26-12-8-19;/h1-4,14H,5-13,21H2,(H,22,24);1H. The van der Waals surface area contributed by atoms with Crippen LogP contribution in [0.2, 0.25) is 0 Å². The largest absolute Gasteiger partial charge is 0.381 e. The van der Waals surface area contributed by atoms with Gasteiger partial charge in [0.1, 0.15) is 5.82 Å². The molecule has 0 spiro atoms. The number of rotatable bonds is 4. The third kappa shape index (κ3) is 4.97. The molecule has 150 valence electrons. The van der Waals surface area contributed by atoms with E-state index in [9.17, 15) is 14.0 Å². The first-order valence-electron chi connectivity index (χ1n) is 9.18. The van der Waals surface area contributed by atoms with Crippen molar-refractivity contribution in [2.75, 3.05) is 38.2 Å². The number of piperidine rings is 1. The van der Waals surface area contributed by atoms with Crippen molar-refractivity contribution < 1.29 is 18.7 Å². The molecule has 3 N–H and O–H groups in total. The first-order chi connectivity index (χ1) is 12.5. The van der Waals surface area contributed by atoms with Crippen LogP contribution in [0.15, 0.2) is 24.3 Å².